The third-order valence-electron chi connectivity index (χ3n) is 2.44. The lowest BCUT2D eigenvalue weighted by molar-refractivity contribution is -0.384. The van der Waals surface area contributed by atoms with Crippen LogP contribution in [0.15, 0.2) is 35.9 Å². The van der Waals surface area contributed by atoms with Gasteiger partial charge in [0.2, 0.25) is 0 Å². The molecular weight excluding hydrogens is 250 g/mol. The molecule has 0 saturated carbocycles. The Hall–Kier alpha value is -2.37. The molecule has 0 aliphatic carbocycles. The number of hydrogen-bond donors (Lipinski definition) is 0. The number of non-ortho nitro benzene ring substituents is 1. The van der Waals surface area contributed by atoms with Crippen molar-refractivity contribution < 1.29 is 19.2 Å². The van der Waals surface area contributed by atoms with Crippen molar-refractivity contribution >= 4 is 11.7 Å². The minimum Gasteiger partial charge on any atom is -0.489 e. The van der Waals surface area contributed by atoms with E-state index in [4.69, 9.17) is 4.74 Å². The lowest BCUT2D eigenvalue weighted by Crippen LogP contribution is -2.06. The molecule has 6 heteroatoms. The Morgan fingerprint density at radius 2 is 2.21 bits per heavy atom. The van der Waals surface area contributed by atoms with E-state index in [9.17, 15) is 14.9 Å². The predicted molar refractivity (Wildman–Crippen MR) is 69.0 cm³/mol. The predicted octanol–water partition coefficient (Wildman–Crippen LogP) is 2.48. The molecule has 1 aromatic rings. The third kappa shape index (κ3) is 4.42. The van der Waals surface area contributed by atoms with E-state index in [1.54, 1.807) is 12.1 Å². The Labute approximate surface area is 110 Å². The number of hydrogen-bond acceptors (Lipinski definition) is 5. The minimum absolute atomic E-state index is 0.0369. The first-order valence-corrected chi connectivity index (χ1v) is 5.73. The molecule has 0 N–H and O–H groups in total. The van der Waals surface area contributed by atoms with E-state index in [2.05, 4.69) is 4.74 Å². The number of nitrogens with zero attached hydrogens (tertiary/aromatic N) is 1. The fourth-order valence-electron chi connectivity index (χ4n) is 1.43. The highest BCUT2D eigenvalue weighted by Crippen LogP contribution is 2.19. The number of esters is 1. The second-order valence-electron chi connectivity index (χ2n) is 3.64. The minimum atomic E-state index is -0.491. The topological polar surface area (TPSA) is 78.7 Å². The summed E-state index contributed by atoms with van der Waals surface area (Å²) >= 11 is 0. The standard InChI is InChI=1S/C13H15NO5/c1-3-10(13(15)18-2)7-8-19-12-6-4-5-11(9-12)14(16)17/h4-7,9H,3,8H2,1-2H3. The Kier molecular flexibility index (Phi) is 5.53. The third-order valence-corrected chi connectivity index (χ3v) is 2.44. The van der Waals surface area contributed by atoms with E-state index >= 15 is 0 Å². The molecule has 0 fully saturated rings. The largest absolute Gasteiger partial charge is 0.489 e. The van der Waals surface area contributed by atoms with Gasteiger partial charge in [-0.25, -0.2) is 4.79 Å². The fourth-order valence-corrected chi connectivity index (χ4v) is 1.43. The monoisotopic (exact) mass is 265 g/mol. The van der Waals surface area contributed by atoms with Gasteiger partial charge in [-0.1, -0.05) is 13.0 Å². The van der Waals surface area contributed by atoms with Gasteiger partial charge in [-0.05, 0) is 18.6 Å². The summed E-state index contributed by atoms with van der Waals surface area (Å²) in [7, 11) is 1.31. The Morgan fingerprint density at radius 3 is 2.79 bits per heavy atom. The molecule has 0 amide bonds. The highest BCUT2D eigenvalue weighted by Gasteiger charge is 2.08. The van der Waals surface area contributed by atoms with Crippen LogP contribution in [0.1, 0.15) is 13.3 Å². The summed E-state index contributed by atoms with van der Waals surface area (Å²) in [6, 6.07) is 5.87. The average Bonchev–Trinajstić information content (AvgIpc) is 2.43. The molecule has 19 heavy (non-hydrogen) atoms. The van der Waals surface area contributed by atoms with E-state index in [1.165, 1.54) is 25.3 Å². The first-order chi connectivity index (χ1) is 9.08. The van der Waals surface area contributed by atoms with E-state index in [1.807, 2.05) is 6.92 Å². The maximum atomic E-state index is 11.3. The van der Waals surface area contributed by atoms with Crippen LogP contribution >= 0.6 is 0 Å². The lowest BCUT2D eigenvalue weighted by Gasteiger charge is -2.05. The van der Waals surface area contributed by atoms with Crippen molar-refractivity contribution in [1.82, 2.24) is 0 Å². The van der Waals surface area contributed by atoms with Gasteiger partial charge in [0.15, 0.2) is 0 Å². The van der Waals surface area contributed by atoms with Gasteiger partial charge in [-0.3, -0.25) is 10.1 Å². The highest BCUT2D eigenvalue weighted by molar-refractivity contribution is 5.88. The van der Waals surface area contributed by atoms with Crippen LogP contribution in [0.3, 0.4) is 0 Å². The summed E-state index contributed by atoms with van der Waals surface area (Å²) in [4.78, 5) is 21.4. The van der Waals surface area contributed by atoms with Crippen molar-refractivity contribution in [3.05, 3.63) is 46.0 Å². The maximum absolute atomic E-state index is 11.3. The molecule has 102 valence electrons. The second-order valence-corrected chi connectivity index (χ2v) is 3.64. The van der Waals surface area contributed by atoms with Crippen molar-refractivity contribution in [2.75, 3.05) is 13.7 Å². The van der Waals surface area contributed by atoms with Gasteiger partial charge >= 0.3 is 5.97 Å². The summed E-state index contributed by atoms with van der Waals surface area (Å²) in [5.74, 6) is -0.0177. The van der Waals surface area contributed by atoms with Gasteiger partial charge in [-0.15, -0.1) is 0 Å². The number of carbonyl (C=O) groups is 1. The molecule has 6 nitrogen and oxygen atoms in total. The van der Waals surface area contributed by atoms with E-state index in [0.717, 1.165) is 0 Å². The average molecular weight is 265 g/mol. The van der Waals surface area contributed by atoms with E-state index in [-0.39, 0.29) is 12.3 Å². The maximum Gasteiger partial charge on any atom is 0.333 e. The molecule has 1 rings (SSSR count). The van der Waals surface area contributed by atoms with Gasteiger partial charge in [-0.2, -0.15) is 0 Å². The SMILES string of the molecule is CCC(=CCOc1cccc([N+](=O)[O-])c1)C(=O)OC. The molecular formula is C13H15NO5. The van der Waals surface area contributed by atoms with Crippen molar-refractivity contribution in [2.45, 2.75) is 13.3 Å². The zero-order chi connectivity index (χ0) is 14.3. The van der Waals surface area contributed by atoms with Crippen molar-refractivity contribution in [2.24, 2.45) is 0 Å². The van der Waals surface area contributed by atoms with Crippen molar-refractivity contribution in [3.8, 4) is 5.75 Å². The highest BCUT2D eigenvalue weighted by atomic mass is 16.6. The molecule has 0 atom stereocenters. The molecule has 0 aliphatic heterocycles. The van der Waals surface area contributed by atoms with Gasteiger partial charge in [0.25, 0.3) is 5.69 Å². The van der Waals surface area contributed by atoms with Crippen molar-refractivity contribution in [1.29, 1.82) is 0 Å². The molecule has 0 aliphatic rings. The second kappa shape index (κ2) is 7.15. The summed E-state index contributed by atoms with van der Waals surface area (Å²) in [5, 5.41) is 10.6. The first kappa shape index (κ1) is 14.7. The summed E-state index contributed by atoms with van der Waals surface area (Å²) in [5.41, 5.74) is 0.470. The summed E-state index contributed by atoms with van der Waals surface area (Å²) in [6.45, 7) is 1.98. The Bertz CT molecular complexity index is 496. The number of benzene rings is 1. The smallest absolute Gasteiger partial charge is 0.333 e. The van der Waals surface area contributed by atoms with Crippen LogP contribution in [0.5, 0.6) is 5.75 Å². The molecule has 0 radical (unpaired) electrons. The van der Waals surface area contributed by atoms with Gasteiger partial charge in [0.05, 0.1) is 18.1 Å². The fraction of sp³-hybridized carbons (Fsp3) is 0.308. The van der Waals surface area contributed by atoms with Gasteiger partial charge < -0.3 is 9.47 Å². The van der Waals surface area contributed by atoms with Crippen LogP contribution in [-0.2, 0) is 9.53 Å². The normalized spacial score (nSPS) is 10.9. The molecule has 0 aromatic heterocycles. The van der Waals surface area contributed by atoms with Crippen LogP contribution in [0, 0.1) is 10.1 Å². The molecule has 0 spiro atoms. The van der Waals surface area contributed by atoms with E-state index in [0.29, 0.717) is 17.7 Å². The number of ether oxygens (including phenoxy) is 2. The number of methoxy groups -OCH3 is 1. The zero-order valence-electron chi connectivity index (χ0n) is 10.8. The first-order valence-electron chi connectivity index (χ1n) is 5.73. The van der Waals surface area contributed by atoms with Gasteiger partial charge in [0.1, 0.15) is 12.4 Å². The number of carbonyl (C=O) groups excluding carboxylic acids is 1. The quantitative estimate of drug-likeness (QED) is 0.341. The summed E-state index contributed by atoms with van der Waals surface area (Å²) in [6.07, 6.45) is 2.13. The van der Waals surface area contributed by atoms with Crippen LogP contribution in [0.2, 0.25) is 0 Å². The molecule has 0 unspecified atom stereocenters. The van der Waals surface area contributed by atoms with Crippen LogP contribution < -0.4 is 4.74 Å². The zero-order valence-corrected chi connectivity index (χ0v) is 10.8. The molecule has 1 aromatic carbocycles. The van der Waals surface area contributed by atoms with Crippen LogP contribution in [-0.4, -0.2) is 24.6 Å². The van der Waals surface area contributed by atoms with Gasteiger partial charge in [0, 0.05) is 11.6 Å². The van der Waals surface area contributed by atoms with Crippen LogP contribution in [0.25, 0.3) is 0 Å². The Balaban J connectivity index is 2.66. The molecule has 0 saturated heterocycles. The Morgan fingerprint density at radius 1 is 1.47 bits per heavy atom. The number of nitro groups is 1. The lowest BCUT2D eigenvalue weighted by atomic mass is 10.2. The number of rotatable bonds is 6. The van der Waals surface area contributed by atoms with E-state index < -0.39 is 10.9 Å². The summed E-state index contributed by atoms with van der Waals surface area (Å²) < 4.78 is 9.94. The van der Waals surface area contributed by atoms with Crippen LogP contribution in [0.4, 0.5) is 5.69 Å². The van der Waals surface area contributed by atoms with Crippen molar-refractivity contribution in [3.63, 3.8) is 0 Å². The molecule has 0 bridgehead atoms. The molecule has 0 heterocycles. The number of nitro benzene ring substituents is 1.